The lowest BCUT2D eigenvalue weighted by atomic mass is 9.90. The van der Waals surface area contributed by atoms with Crippen LogP contribution in [0, 0.1) is 19.8 Å². The molecule has 37 heavy (non-hydrogen) atoms. The molecular formula is C30H41F3N4. The highest BCUT2D eigenvalue weighted by Crippen LogP contribution is 2.35. The SMILES string of the molecule is C=C1C=CC=C(NC2CCC(N/C(=C/CC)c3ccc(C)nc3C)CC2)N1/C=C(\C(C)CC)C(F)(F)F. The van der Waals surface area contributed by atoms with Gasteiger partial charge in [-0.1, -0.05) is 39.5 Å². The maximum Gasteiger partial charge on any atom is 0.414 e. The lowest BCUT2D eigenvalue weighted by molar-refractivity contribution is -0.0994. The molecule has 1 saturated carbocycles. The number of nitrogens with one attached hydrogen (secondary N) is 2. The van der Waals surface area contributed by atoms with Crippen molar-refractivity contribution in [2.75, 3.05) is 0 Å². The van der Waals surface area contributed by atoms with E-state index in [1.165, 1.54) is 6.20 Å². The lowest BCUT2D eigenvalue weighted by Crippen LogP contribution is -2.42. The second kappa shape index (κ2) is 12.5. The van der Waals surface area contributed by atoms with Gasteiger partial charge in [0.25, 0.3) is 0 Å². The largest absolute Gasteiger partial charge is 0.414 e. The molecule has 0 spiro atoms. The molecule has 1 aromatic rings. The smallest absolute Gasteiger partial charge is 0.382 e. The summed E-state index contributed by atoms with van der Waals surface area (Å²) in [6.45, 7) is 13.5. The van der Waals surface area contributed by atoms with E-state index in [4.69, 9.17) is 0 Å². The number of alkyl halides is 3. The molecule has 0 amide bonds. The molecule has 202 valence electrons. The third-order valence-corrected chi connectivity index (χ3v) is 7.21. The maximum atomic E-state index is 13.8. The van der Waals surface area contributed by atoms with Crippen molar-refractivity contribution in [3.63, 3.8) is 0 Å². The number of rotatable bonds is 9. The molecule has 0 radical (unpaired) electrons. The first-order valence-electron chi connectivity index (χ1n) is 13.4. The normalized spacial score (nSPS) is 22.1. The molecule has 1 aliphatic heterocycles. The van der Waals surface area contributed by atoms with E-state index in [9.17, 15) is 13.2 Å². The van der Waals surface area contributed by atoms with E-state index in [0.29, 0.717) is 24.0 Å². The second-order valence-corrected chi connectivity index (χ2v) is 10.1. The zero-order valence-corrected chi connectivity index (χ0v) is 22.8. The number of hydrogen-bond donors (Lipinski definition) is 2. The van der Waals surface area contributed by atoms with Crippen molar-refractivity contribution >= 4 is 5.70 Å². The van der Waals surface area contributed by atoms with E-state index >= 15 is 0 Å². The molecule has 0 bridgehead atoms. The van der Waals surface area contributed by atoms with Gasteiger partial charge in [-0.25, -0.2) is 0 Å². The highest BCUT2D eigenvalue weighted by Gasteiger charge is 2.37. The standard InChI is InChI=1S/C30H41F3N4/c1-7-10-28(26-18-13-21(4)34-23(26)6)35-24-14-16-25(17-15-24)36-29-12-9-11-22(5)37(29)19-27(20(3)8-2)30(31,32)33/h9-13,18-20,24-25,35-36H,5,7-8,14-17H2,1-4,6H3/b27-19+,28-10+. The number of aryl methyl sites for hydroxylation is 2. The van der Waals surface area contributed by atoms with Crippen molar-refractivity contribution in [1.29, 1.82) is 0 Å². The van der Waals surface area contributed by atoms with Gasteiger partial charge in [-0.3, -0.25) is 4.98 Å². The summed E-state index contributed by atoms with van der Waals surface area (Å²) < 4.78 is 41.4. The molecule has 1 aromatic heterocycles. The van der Waals surface area contributed by atoms with Gasteiger partial charge in [0.15, 0.2) is 0 Å². The minimum Gasteiger partial charge on any atom is -0.382 e. The Morgan fingerprint density at radius 3 is 2.43 bits per heavy atom. The fourth-order valence-corrected chi connectivity index (χ4v) is 4.91. The summed E-state index contributed by atoms with van der Waals surface area (Å²) >= 11 is 0. The van der Waals surface area contributed by atoms with E-state index in [0.717, 1.165) is 54.8 Å². The van der Waals surface area contributed by atoms with E-state index in [2.05, 4.69) is 41.3 Å². The van der Waals surface area contributed by atoms with Gasteiger partial charge in [0, 0.05) is 46.6 Å². The van der Waals surface area contributed by atoms with E-state index in [-0.39, 0.29) is 6.04 Å². The van der Waals surface area contributed by atoms with Crippen LogP contribution in [0.15, 0.2) is 66.3 Å². The first-order chi connectivity index (χ1) is 17.5. The van der Waals surface area contributed by atoms with Crippen LogP contribution in [-0.4, -0.2) is 28.1 Å². The van der Waals surface area contributed by atoms with Crippen LogP contribution >= 0.6 is 0 Å². The first kappa shape index (κ1) is 28.6. The summed E-state index contributed by atoms with van der Waals surface area (Å²) in [7, 11) is 0. The first-order valence-corrected chi connectivity index (χ1v) is 13.4. The summed E-state index contributed by atoms with van der Waals surface area (Å²) in [6, 6.07) is 4.69. The molecule has 0 aromatic carbocycles. The van der Waals surface area contributed by atoms with Crippen LogP contribution in [0.25, 0.3) is 5.70 Å². The van der Waals surface area contributed by atoms with Gasteiger partial charge in [-0.2, -0.15) is 13.2 Å². The van der Waals surface area contributed by atoms with Gasteiger partial charge in [-0.15, -0.1) is 0 Å². The highest BCUT2D eigenvalue weighted by atomic mass is 19.4. The second-order valence-electron chi connectivity index (χ2n) is 10.1. The number of allylic oxidation sites excluding steroid dienone is 5. The Kier molecular flexibility index (Phi) is 9.68. The quantitative estimate of drug-likeness (QED) is 0.355. The Morgan fingerprint density at radius 2 is 1.84 bits per heavy atom. The Labute approximate surface area is 220 Å². The Balaban J connectivity index is 1.67. The Hall–Kier alpha value is -2.96. The van der Waals surface area contributed by atoms with Crippen molar-refractivity contribution in [3.8, 4) is 0 Å². The van der Waals surface area contributed by atoms with E-state index in [1.807, 2.05) is 32.1 Å². The Morgan fingerprint density at radius 1 is 1.16 bits per heavy atom. The van der Waals surface area contributed by atoms with Crippen molar-refractivity contribution in [3.05, 3.63) is 83.3 Å². The van der Waals surface area contributed by atoms with Crippen LogP contribution < -0.4 is 10.6 Å². The maximum absolute atomic E-state index is 13.8. The molecule has 2 N–H and O–H groups in total. The van der Waals surface area contributed by atoms with Crippen molar-refractivity contribution in [2.24, 2.45) is 5.92 Å². The van der Waals surface area contributed by atoms with Crippen molar-refractivity contribution in [1.82, 2.24) is 20.5 Å². The molecule has 3 rings (SSSR count). The van der Waals surface area contributed by atoms with Crippen LogP contribution in [0.3, 0.4) is 0 Å². The van der Waals surface area contributed by atoms with Crippen molar-refractivity contribution < 1.29 is 13.2 Å². The topological polar surface area (TPSA) is 40.2 Å². The van der Waals surface area contributed by atoms with Gasteiger partial charge in [-0.05, 0) is 82.6 Å². The summed E-state index contributed by atoms with van der Waals surface area (Å²) in [5, 5.41) is 7.25. The molecule has 1 fully saturated rings. The van der Waals surface area contributed by atoms with Gasteiger partial charge in [0.1, 0.15) is 5.82 Å². The van der Waals surface area contributed by atoms with Crippen molar-refractivity contribution in [2.45, 2.75) is 91.4 Å². The lowest BCUT2D eigenvalue weighted by Gasteiger charge is -2.36. The molecule has 1 unspecified atom stereocenters. The van der Waals surface area contributed by atoms with Gasteiger partial charge in [0.2, 0.25) is 0 Å². The molecule has 2 aliphatic rings. The monoisotopic (exact) mass is 514 g/mol. The summed E-state index contributed by atoms with van der Waals surface area (Å²) in [4.78, 5) is 6.17. The van der Waals surface area contributed by atoms with Gasteiger partial charge < -0.3 is 15.5 Å². The summed E-state index contributed by atoms with van der Waals surface area (Å²) in [6.07, 6.45) is 9.56. The van der Waals surface area contributed by atoms with Crippen LogP contribution in [0.4, 0.5) is 13.2 Å². The summed E-state index contributed by atoms with van der Waals surface area (Å²) in [5.41, 5.74) is 4.26. The highest BCUT2D eigenvalue weighted by molar-refractivity contribution is 5.66. The molecule has 2 heterocycles. The average molecular weight is 515 g/mol. The number of hydrogen-bond acceptors (Lipinski definition) is 4. The van der Waals surface area contributed by atoms with Crippen LogP contribution in [0.5, 0.6) is 0 Å². The van der Waals surface area contributed by atoms with Crippen LogP contribution in [0.2, 0.25) is 0 Å². The predicted molar refractivity (Wildman–Crippen MR) is 146 cm³/mol. The molecule has 1 atom stereocenters. The van der Waals surface area contributed by atoms with Crippen LogP contribution in [-0.2, 0) is 0 Å². The fraction of sp³-hybridized carbons (Fsp3) is 0.500. The zero-order chi connectivity index (χ0) is 27.2. The third kappa shape index (κ3) is 7.53. The van der Waals surface area contributed by atoms with Gasteiger partial charge >= 0.3 is 6.18 Å². The number of nitrogens with zero attached hydrogens (tertiary/aromatic N) is 2. The zero-order valence-electron chi connectivity index (χ0n) is 22.8. The van der Waals surface area contributed by atoms with Gasteiger partial charge in [0.05, 0.1) is 5.57 Å². The fourth-order valence-electron chi connectivity index (χ4n) is 4.91. The minimum atomic E-state index is -4.39. The van der Waals surface area contributed by atoms with Crippen LogP contribution in [0.1, 0.15) is 76.2 Å². The minimum absolute atomic E-state index is 0.179. The molecule has 7 heteroatoms. The molecule has 4 nitrogen and oxygen atoms in total. The Bertz CT molecular complexity index is 1070. The van der Waals surface area contributed by atoms with E-state index in [1.54, 1.807) is 24.8 Å². The predicted octanol–water partition coefficient (Wildman–Crippen LogP) is 7.66. The summed E-state index contributed by atoms with van der Waals surface area (Å²) in [5.74, 6) is 0.0427. The number of halogens is 3. The third-order valence-electron chi connectivity index (χ3n) is 7.21. The molecule has 1 aliphatic carbocycles. The molecular weight excluding hydrogens is 473 g/mol. The average Bonchev–Trinajstić information content (AvgIpc) is 2.83. The van der Waals surface area contributed by atoms with E-state index < -0.39 is 17.7 Å². The number of pyridine rings is 1. The number of aromatic nitrogens is 1. The molecule has 0 saturated heterocycles.